The van der Waals surface area contributed by atoms with Gasteiger partial charge in [0.25, 0.3) is 0 Å². The molecule has 0 aromatic heterocycles. The summed E-state index contributed by atoms with van der Waals surface area (Å²) in [5.41, 5.74) is 0.708. The normalized spacial score (nSPS) is 19.0. The molecule has 2 heterocycles. The maximum Gasteiger partial charge on any atom is 0.417 e. The fraction of sp³-hybridized carbons (Fsp3) is 0.533. The van der Waals surface area contributed by atoms with E-state index in [0.29, 0.717) is 0 Å². The third kappa shape index (κ3) is 15.6. The molecule has 12 nitrogen and oxygen atoms in total. The predicted molar refractivity (Wildman–Crippen MR) is 312 cm³/mol. The molecule has 2 N–H and O–H groups in total. The molecule has 2 aliphatic heterocycles. The predicted octanol–water partition coefficient (Wildman–Crippen LogP) is 14.8. The van der Waals surface area contributed by atoms with Crippen LogP contribution in [0.3, 0.4) is 0 Å². The number of cyclic esters (lactones) is 2. The van der Waals surface area contributed by atoms with Gasteiger partial charge in [-0.1, -0.05) is 146 Å². The Labute approximate surface area is 458 Å². The highest BCUT2D eigenvalue weighted by Gasteiger charge is 2.49. The average molecular weight is 1130 g/mol. The van der Waals surface area contributed by atoms with Gasteiger partial charge < -0.3 is 28.5 Å². The second kappa shape index (κ2) is 24.9. The van der Waals surface area contributed by atoms with Gasteiger partial charge in [-0.25, -0.2) is 19.4 Å². The topological polar surface area (TPSA) is 152 Å². The number of imide groups is 2. The first-order valence-electron chi connectivity index (χ1n) is 26.2. The number of hydrogen-bond donors (Lipinski definition) is 2. The Morgan fingerprint density at radius 3 is 1.43 bits per heavy atom. The molecule has 75 heavy (non-hydrogen) atoms. The van der Waals surface area contributed by atoms with Gasteiger partial charge in [0.1, 0.15) is 13.2 Å². The maximum absolute atomic E-state index is 14.0. The number of hydrogen-bond acceptors (Lipinski definition) is 10. The highest BCUT2D eigenvalue weighted by Crippen LogP contribution is 2.41. The smallest absolute Gasteiger partial charge is 0.417 e. The molecule has 6 rings (SSSR count). The summed E-state index contributed by atoms with van der Waals surface area (Å²) < 4.78 is 24.2. The van der Waals surface area contributed by atoms with Gasteiger partial charge in [-0.2, -0.15) is 0 Å². The molecule has 4 aromatic rings. The third-order valence-corrected chi connectivity index (χ3v) is 25.1. The van der Waals surface area contributed by atoms with Gasteiger partial charge in [-0.15, -0.1) is 6.58 Å². The Morgan fingerprint density at radius 2 is 1.03 bits per heavy atom. The Balaban J connectivity index is 0.000000272. The van der Waals surface area contributed by atoms with E-state index in [1.54, 1.807) is 26.8 Å². The number of carbonyl (C=O) groups is 4. The molecule has 0 saturated carbocycles. The van der Waals surface area contributed by atoms with E-state index in [-0.39, 0.29) is 72.2 Å². The second-order valence-corrected chi connectivity index (χ2v) is 35.1. The van der Waals surface area contributed by atoms with E-state index in [4.69, 9.17) is 18.3 Å². The van der Waals surface area contributed by atoms with Crippen molar-refractivity contribution in [3.8, 4) is 0 Å². The van der Waals surface area contributed by atoms with Crippen molar-refractivity contribution >= 4 is 84.2 Å². The molecule has 2 aliphatic rings. The van der Waals surface area contributed by atoms with E-state index < -0.39 is 51.9 Å². The lowest BCUT2D eigenvalue weighted by molar-refractivity contribution is -0.139. The van der Waals surface area contributed by atoms with Gasteiger partial charge in [-0.05, 0) is 144 Å². The number of aliphatic hydroxyl groups is 2. The third-order valence-electron chi connectivity index (χ3n) is 15.6. The summed E-state index contributed by atoms with van der Waals surface area (Å²) in [4.78, 5) is 54.3. The summed E-state index contributed by atoms with van der Waals surface area (Å²) in [6, 6.07) is 23.6. The van der Waals surface area contributed by atoms with Crippen molar-refractivity contribution in [2.75, 3.05) is 26.4 Å². The standard InChI is InChI=1S/C30H43NO5Si.C18H33NO4Si.C12H11BrO/c1-20(2)26-18-35-28(34)31(26)27(33)30(7,19-36-37(8,9)29(4,5)6)15-14-22-10-11-23-12-13-24(21(3)32)17-25(23)16-22;1-10-18(7,12-23-24(8,9)17(4,5)6)15(20)19-14(13(2)3)11-22-16(19)21;1-8(14)10-3-2-9-4-5-12(13)7-11(9)6-10/h10-17,20-21,26,32H,18-19H2,1-9H3;10,13-14H,1,11-12H2,2-9H3;2-8,14H,1H3/b15-14+;;/t21-,26+,30-;14-,18+;8-/m101/s1. The molecule has 6 atom stereocenters. The van der Waals surface area contributed by atoms with E-state index in [2.05, 4.69) is 102 Å². The van der Waals surface area contributed by atoms with E-state index >= 15 is 0 Å². The number of rotatable bonds is 15. The van der Waals surface area contributed by atoms with Crippen LogP contribution in [-0.2, 0) is 27.9 Å². The average Bonchev–Trinajstić information content (AvgIpc) is 3.92. The summed E-state index contributed by atoms with van der Waals surface area (Å²) >= 11 is 3.43. The number of benzene rings is 4. The molecule has 2 saturated heterocycles. The van der Waals surface area contributed by atoms with Crippen LogP contribution in [0.1, 0.15) is 126 Å². The zero-order valence-corrected chi connectivity index (χ0v) is 51.7. The van der Waals surface area contributed by atoms with Crippen LogP contribution in [-0.4, -0.2) is 99.2 Å². The van der Waals surface area contributed by atoms with Gasteiger partial charge in [0.15, 0.2) is 16.6 Å². The summed E-state index contributed by atoms with van der Waals surface area (Å²) in [6.07, 6.45) is 3.26. The molecule has 0 spiro atoms. The first kappa shape index (κ1) is 63.0. The van der Waals surface area contributed by atoms with Crippen molar-refractivity contribution in [3.05, 3.63) is 113 Å². The number of halogens is 1. The minimum Gasteiger partial charge on any atom is -0.447 e. The molecular formula is C60H87BrN2O10Si2. The van der Waals surface area contributed by atoms with Crippen LogP contribution in [0.15, 0.2) is 96.0 Å². The van der Waals surface area contributed by atoms with Crippen LogP contribution in [0.4, 0.5) is 9.59 Å². The molecule has 0 radical (unpaired) electrons. The number of ether oxygens (including phenoxy) is 2. The molecule has 4 aromatic carbocycles. The van der Waals surface area contributed by atoms with Gasteiger partial charge in [0, 0.05) is 4.47 Å². The van der Waals surface area contributed by atoms with Crippen LogP contribution < -0.4 is 0 Å². The van der Waals surface area contributed by atoms with Gasteiger partial charge in [-0.3, -0.25) is 9.59 Å². The van der Waals surface area contributed by atoms with Gasteiger partial charge in [0.05, 0.1) is 48.3 Å². The van der Waals surface area contributed by atoms with Crippen LogP contribution in [0, 0.1) is 22.7 Å². The van der Waals surface area contributed by atoms with Gasteiger partial charge in [0.2, 0.25) is 11.8 Å². The Kier molecular flexibility index (Phi) is 20.9. The Bertz CT molecular complexity index is 2700. The minimum atomic E-state index is -2.16. The van der Waals surface area contributed by atoms with Crippen molar-refractivity contribution < 1.29 is 47.7 Å². The Morgan fingerprint density at radius 1 is 0.640 bits per heavy atom. The van der Waals surface area contributed by atoms with E-state index in [1.165, 1.54) is 15.2 Å². The SMILES string of the molecule is C=C[C@](C)(CO[Si](C)(C)C(C)(C)C)C(=O)N1C(=O)OC[C@H]1C(C)C.CC(C)[C@@H]1COC(=O)N1C(=O)[C@](C)(/C=C/c1ccc2ccc([C@@H](C)O)cc2c1)CO[Si](C)(C)C(C)(C)C.C[C@@H](O)c1ccc2ccc(Br)cc2c1. The lowest BCUT2D eigenvalue weighted by Gasteiger charge is -2.39. The summed E-state index contributed by atoms with van der Waals surface area (Å²) in [5, 5.41) is 23.9. The van der Waals surface area contributed by atoms with Crippen LogP contribution in [0.5, 0.6) is 0 Å². The minimum absolute atomic E-state index is 0.0202. The van der Waals surface area contributed by atoms with Crippen molar-refractivity contribution in [1.82, 2.24) is 9.80 Å². The monoisotopic (exact) mass is 1130 g/mol. The summed E-state index contributed by atoms with van der Waals surface area (Å²) in [6.45, 7) is 41.3. The number of nitrogens with zero attached hydrogens (tertiary/aromatic N) is 2. The van der Waals surface area contributed by atoms with Crippen LogP contribution in [0.25, 0.3) is 27.6 Å². The highest BCUT2D eigenvalue weighted by atomic mass is 79.9. The molecular weight excluding hydrogens is 1040 g/mol. The second-order valence-electron chi connectivity index (χ2n) is 24.6. The van der Waals surface area contributed by atoms with Crippen LogP contribution in [0.2, 0.25) is 36.3 Å². The van der Waals surface area contributed by atoms with Crippen LogP contribution >= 0.6 is 15.9 Å². The lowest BCUT2D eigenvalue weighted by Crippen LogP contribution is -2.51. The number of amides is 4. The number of carbonyl (C=O) groups excluding carboxylic acids is 4. The largest absolute Gasteiger partial charge is 0.447 e. The molecule has 4 amide bonds. The molecule has 0 aliphatic carbocycles. The van der Waals surface area contributed by atoms with Gasteiger partial charge >= 0.3 is 12.2 Å². The zero-order valence-electron chi connectivity index (χ0n) is 48.1. The molecule has 15 heteroatoms. The molecule has 0 unspecified atom stereocenters. The summed E-state index contributed by atoms with van der Waals surface area (Å²) in [5.74, 6) is -0.387. The number of aliphatic hydroxyl groups excluding tert-OH is 2. The van der Waals surface area contributed by atoms with E-state index in [0.717, 1.165) is 37.3 Å². The fourth-order valence-electron chi connectivity index (χ4n) is 7.78. The first-order valence-corrected chi connectivity index (χ1v) is 32.8. The maximum atomic E-state index is 14.0. The zero-order chi connectivity index (χ0) is 56.8. The van der Waals surface area contributed by atoms with E-state index in [9.17, 15) is 29.4 Å². The lowest BCUT2D eigenvalue weighted by atomic mass is 9.87. The van der Waals surface area contributed by atoms with Crippen molar-refractivity contribution in [2.24, 2.45) is 22.7 Å². The molecule has 0 bridgehead atoms. The van der Waals surface area contributed by atoms with E-state index in [1.807, 2.05) is 107 Å². The van der Waals surface area contributed by atoms with Crippen molar-refractivity contribution in [2.45, 2.75) is 157 Å². The Hall–Kier alpha value is -4.49. The fourth-order valence-corrected chi connectivity index (χ4v) is 10.3. The summed E-state index contributed by atoms with van der Waals surface area (Å²) in [7, 11) is -4.17. The number of fused-ring (bicyclic) bond motifs is 2. The quantitative estimate of drug-likeness (QED) is 0.0869. The van der Waals surface area contributed by atoms with Crippen molar-refractivity contribution in [1.29, 1.82) is 0 Å². The first-order chi connectivity index (χ1) is 34.5. The molecule has 2 fully saturated rings. The van der Waals surface area contributed by atoms with Crippen molar-refractivity contribution in [3.63, 3.8) is 0 Å². The highest BCUT2D eigenvalue weighted by molar-refractivity contribution is 9.10. The molecule has 412 valence electrons.